The molecular formula is C27H29N3O10. The van der Waals surface area contributed by atoms with Crippen molar-refractivity contribution in [2.45, 2.75) is 45.6 Å². The molecule has 0 spiro atoms. The minimum absolute atomic E-state index is 0.0612. The normalized spacial score (nSPS) is 21.4. The van der Waals surface area contributed by atoms with E-state index in [9.17, 15) is 38.4 Å². The van der Waals surface area contributed by atoms with Crippen LogP contribution in [-0.4, -0.2) is 94.4 Å². The van der Waals surface area contributed by atoms with Gasteiger partial charge in [0.1, 0.15) is 19.3 Å². The Morgan fingerprint density at radius 2 is 1.27 bits per heavy atom. The fraction of sp³-hybridized carbons (Fsp3) is 0.481. The van der Waals surface area contributed by atoms with Crippen molar-refractivity contribution in [2.24, 2.45) is 11.8 Å². The number of nitrogens with zero attached hydrogens (tertiary/aromatic N) is 3. The summed E-state index contributed by atoms with van der Waals surface area (Å²) in [6.45, 7) is 2.35. The Morgan fingerprint density at radius 3 is 1.73 bits per heavy atom. The molecule has 13 nitrogen and oxygen atoms in total. The molecule has 1 aromatic rings. The van der Waals surface area contributed by atoms with Gasteiger partial charge in [0.25, 0.3) is 11.8 Å². The number of rotatable bonds is 11. The first kappa shape index (κ1) is 28.6. The van der Waals surface area contributed by atoms with E-state index in [1.807, 2.05) is 0 Å². The second-order valence-corrected chi connectivity index (χ2v) is 9.95. The van der Waals surface area contributed by atoms with E-state index in [1.165, 1.54) is 12.1 Å². The summed E-state index contributed by atoms with van der Waals surface area (Å²) in [5.41, 5.74) is 0.202. The van der Waals surface area contributed by atoms with E-state index >= 15 is 0 Å². The fourth-order valence-electron chi connectivity index (χ4n) is 4.92. The Balaban J connectivity index is 1.38. The molecule has 0 saturated carbocycles. The lowest BCUT2D eigenvalue weighted by Gasteiger charge is -2.25. The standard InChI is InChI=1S/C27H29N3O10/c1-15-13-20(31)28(23(15)34)9-11-39-22(33)8-7-19(30-25(36)17-5-3-4-6-18(17)26(30)37)27(38)40-12-10-29-21(32)14-16(2)24(29)35/h3-6,15-16,19H,7-14H2,1-2H3. The lowest BCUT2D eigenvalue weighted by Crippen LogP contribution is -2.46. The topological polar surface area (TPSA) is 165 Å². The largest absolute Gasteiger partial charge is 0.464 e. The summed E-state index contributed by atoms with van der Waals surface area (Å²) < 4.78 is 10.4. The van der Waals surface area contributed by atoms with Crippen LogP contribution in [0.25, 0.3) is 0 Å². The number of hydrogen-bond acceptors (Lipinski definition) is 10. The first-order valence-corrected chi connectivity index (χ1v) is 13.0. The minimum Gasteiger partial charge on any atom is -0.464 e. The molecule has 3 unspecified atom stereocenters. The third kappa shape index (κ3) is 5.63. The lowest BCUT2D eigenvalue weighted by atomic mass is 10.1. The van der Waals surface area contributed by atoms with Crippen LogP contribution in [0, 0.1) is 11.8 Å². The van der Waals surface area contributed by atoms with Gasteiger partial charge >= 0.3 is 11.9 Å². The molecule has 40 heavy (non-hydrogen) atoms. The molecule has 3 atom stereocenters. The Hall–Kier alpha value is -4.42. The Bertz CT molecular complexity index is 1260. The van der Waals surface area contributed by atoms with Crippen LogP contribution in [-0.2, 0) is 38.2 Å². The number of carbonyl (C=O) groups is 8. The molecular weight excluding hydrogens is 526 g/mol. The van der Waals surface area contributed by atoms with Crippen molar-refractivity contribution in [2.75, 3.05) is 26.3 Å². The first-order chi connectivity index (χ1) is 19.0. The number of likely N-dealkylation sites (tertiary alicyclic amines) is 2. The van der Waals surface area contributed by atoms with Crippen molar-refractivity contribution in [1.82, 2.24) is 14.7 Å². The van der Waals surface area contributed by atoms with E-state index in [-0.39, 0.29) is 86.7 Å². The van der Waals surface area contributed by atoms with E-state index < -0.39 is 41.6 Å². The van der Waals surface area contributed by atoms with Crippen molar-refractivity contribution in [3.8, 4) is 0 Å². The molecule has 3 aliphatic heterocycles. The average molecular weight is 556 g/mol. The minimum atomic E-state index is -1.48. The highest BCUT2D eigenvalue weighted by Gasteiger charge is 2.44. The van der Waals surface area contributed by atoms with Crippen LogP contribution in [0.4, 0.5) is 0 Å². The van der Waals surface area contributed by atoms with Gasteiger partial charge in [-0.05, 0) is 18.6 Å². The number of ether oxygens (including phenoxy) is 2. The Labute approximate surface area is 229 Å². The van der Waals surface area contributed by atoms with Crippen molar-refractivity contribution < 1.29 is 47.8 Å². The number of fused-ring (bicyclic) bond motifs is 1. The van der Waals surface area contributed by atoms with Crippen molar-refractivity contribution >= 4 is 47.4 Å². The van der Waals surface area contributed by atoms with E-state index in [4.69, 9.17) is 9.47 Å². The van der Waals surface area contributed by atoms with Gasteiger partial charge in [0.05, 0.1) is 24.2 Å². The molecule has 0 N–H and O–H groups in total. The van der Waals surface area contributed by atoms with Crippen molar-refractivity contribution in [1.29, 1.82) is 0 Å². The zero-order valence-corrected chi connectivity index (χ0v) is 22.1. The van der Waals surface area contributed by atoms with Crippen LogP contribution in [0.5, 0.6) is 0 Å². The predicted octanol–water partition coefficient (Wildman–Crippen LogP) is 0.308. The first-order valence-electron chi connectivity index (χ1n) is 13.0. The van der Waals surface area contributed by atoms with Gasteiger partial charge in [-0.25, -0.2) is 4.79 Å². The van der Waals surface area contributed by atoms with Crippen LogP contribution in [0.15, 0.2) is 24.3 Å². The molecule has 0 aromatic heterocycles. The maximum atomic E-state index is 13.1. The molecule has 6 amide bonds. The summed E-state index contributed by atoms with van der Waals surface area (Å²) in [5, 5.41) is 0. The van der Waals surface area contributed by atoms with Crippen molar-refractivity contribution in [3.05, 3.63) is 35.4 Å². The maximum Gasteiger partial charge on any atom is 0.329 e. The molecule has 2 fully saturated rings. The molecule has 0 aliphatic carbocycles. The van der Waals surface area contributed by atoms with Gasteiger partial charge in [-0.3, -0.25) is 48.3 Å². The second kappa shape index (κ2) is 11.8. The molecule has 4 rings (SSSR count). The molecule has 0 bridgehead atoms. The summed E-state index contributed by atoms with van der Waals surface area (Å²) in [6, 6.07) is 4.55. The Morgan fingerprint density at radius 1 is 0.800 bits per heavy atom. The molecule has 3 aliphatic rings. The van der Waals surface area contributed by atoms with Crippen LogP contribution in [0.2, 0.25) is 0 Å². The van der Waals surface area contributed by atoms with Gasteiger partial charge < -0.3 is 9.47 Å². The number of amides is 6. The molecule has 0 radical (unpaired) electrons. The number of hydrogen-bond donors (Lipinski definition) is 0. The van der Waals surface area contributed by atoms with Crippen LogP contribution in [0.3, 0.4) is 0 Å². The third-order valence-electron chi connectivity index (χ3n) is 7.11. The smallest absolute Gasteiger partial charge is 0.329 e. The molecule has 212 valence electrons. The highest BCUT2D eigenvalue weighted by molar-refractivity contribution is 6.22. The van der Waals surface area contributed by atoms with E-state index in [1.54, 1.807) is 26.0 Å². The van der Waals surface area contributed by atoms with Gasteiger partial charge in [-0.1, -0.05) is 26.0 Å². The SMILES string of the molecule is CC1CC(=O)N(CCOC(=O)CCC(C(=O)OCCN2C(=O)CC(C)C2=O)N2C(=O)c3ccccc3C2=O)C1=O. The third-order valence-corrected chi connectivity index (χ3v) is 7.11. The number of imide groups is 3. The quantitative estimate of drug-likeness (QED) is 0.274. The number of esters is 2. The highest BCUT2D eigenvalue weighted by atomic mass is 16.5. The average Bonchev–Trinajstić information content (AvgIpc) is 3.42. The van der Waals surface area contributed by atoms with E-state index in [0.29, 0.717) is 0 Å². The van der Waals surface area contributed by atoms with Gasteiger partial charge in [-0.15, -0.1) is 0 Å². The zero-order chi connectivity index (χ0) is 29.1. The molecule has 1 aromatic carbocycles. The summed E-state index contributed by atoms with van der Waals surface area (Å²) in [4.78, 5) is 102. The molecule has 3 heterocycles. The van der Waals surface area contributed by atoms with Crippen LogP contribution >= 0.6 is 0 Å². The van der Waals surface area contributed by atoms with Gasteiger partial charge in [0.15, 0.2) is 0 Å². The highest BCUT2D eigenvalue weighted by Crippen LogP contribution is 2.27. The summed E-state index contributed by atoms with van der Waals surface area (Å²) in [7, 11) is 0. The van der Waals surface area contributed by atoms with Gasteiger partial charge in [0, 0.05) is 31.1 Å². The second-order valence-electron chi connectivity index (χ2n) is 9.95. The number of carbonyl (C=O) groups excluding carboxylic acids is 8. The van der Waals surface area contributed by atoms with Gasteiger partial charge in [0.2, 0.25) is 23.6 Å². The maximum absolute atomic E-state index is 13.1. The lowest BCUT2D eigenvalue weighted by molar-refractivity contribution is -0.153. The fourth-order valence-corrected chi connectivity index (χ4v) is 4.92. The molecule has 2 saturated heterocycles. The van der Waals surface area contributed by atoms with E-state index in [0.717, 1.165) is 14.7 Å². The predicted molar refractivity (Wildman–Crippen MR) is 133 cm³/mol. The van der Waals surface area contributed by atoms with Crippen LogP contribution < -0.4 is 0 Å². The zero-order valence-electron chi connectivity index (χ0n) is 22.1. The van der Waals surface area contributed by atoms with Gasteiger partial charge in [-0.2, -0.15) is 0 Å². The molecule has 13 heteroatoms. The summed E-state index contributed by atoms with van der Waals surface area (Å²) >= 11 is 0. The van der Waals surface area contributed by atoms with Crippen LogP contribution in [0.1, 0.15) is 60.2 Å². The summed E-state index contributed by atoms with van der Waals surface area (Å²) in [5.74, 6) is -5.59. The van der Waals surface area contributed by atoms with Crippen molar-refractivity contribution in [3.63, 3.8) is 0 Å². The van der Waals surface area contributed by atoms with E-state index in [2.05, 4.69) is 0 Å². The summed E-state index contributed by atoms with van der Waals surface area (Å²) in [6.07, 6.45) is -0.548. The number of benzene rings is 1. The Kier molecular flexibility index (Phi) is 8.40. The monoisotopic (exact) mass is 555 g/mol.